The Morgan fingerprint density at radius 1 is 1.12 bits per heavy atom. The largest absolute Gasteiger partial charge is 0.296 e. The van der Waals surface area contributed by atoms with Gasteiger partial charge in [-0.1, -0.05) is 37.1 Å². The van der Waals surface area contributed by atoms with Gasteiger partial charge in [-0.15, -0.1) is 0 Å². The number of likely N-dealkylation sites (tertiary alicyclic amines) is 1. The van der Waals surface area contributed by atoms with Crippen LogP contribution in [0.5, 0.6) is 0 Å². The van der Waals surface area contributed by atoms with Crippen molar-refractivity contribution in [2.45, 2.75) is 32.6 Å². The molecule has 2 heteroatoms. The summed E-state index contributed by atoms with van der Waals surface area (Å²) < 4.78 is 0. The number of carbonyl (C=O) groups is 1. The first-order valence-electron chi connectivity index (χ1n) is 6.58. The SMILES string of the molecule is Cc1ccccc1C(=O)CN1CCCCCC1. The fourth-order valence-electron chi connectivity index (χ4n) is 2.47. The Balaban J connectivity index is 1.98. The van der Waals surface area contributed by atoms with E-state index in [1.54, 1.807) is 0 Å². The van der Waals surface area contributed by atoms with Gasteiger partial charge in [-0.3, -0.25) is 9.69 Å². The van der Waals surface area contributed by atoms with Gasteiger partial charge in [-0.2, -0.15) is 0 Å². The minimum Gasteiger partial charge on any atom is -0.296 e. The van der Waals surface area contributed by atoms with Crippen molar-refractivity contribution in [3.05, 3.63) is 35.4 Å². The Morgan fingerprint density at radius 2 is 1.76 bits per heavy atom. The summed E-state index contributed by atoms with van der Waals surface area (Å²) in [5.41, 5.74) is 1.98. The van der Waals surface area contributed by atoms with Crippen molar-refractivity contribution >= 4 is 5.78 Å². The molecule has 1 fully saturated rings. The maximum Gasteiger partial charge on any atom is 0.177 e. The van der Waals surface area contributed by atoms with Crippen LogP contribution >= 0.6 is 0 Å². The summed E-state index contributed by atoms with van der Waals surface area (Å²) in [5, 5.41) is 0. The Hall–Kier alpha value is -1.15. The zero-order valence-corrected chi connectivity index (χ0v) is 10.6. The van der Waals surface area contributed by atoms with E-state index in [2.05, 4.69) is 4.90 Å². The van der Waals surface area contributed by atoms with Crippen molar-refractivity contribution in [2.75, 3.05) is 19.6 Å². The number of nitrogens with zero attached hydrogens (tertiary/aromatic N) is 1. The summed E-state index contributed by atoms with van der Waals surface area (Å²) in [6.07, 6.45) is 5.10. The maximum absolute atomic E-state index is 12.2. The van der Waals surface area contributed by atoms with Gasteiger partial charge in [0.2, 0.25) is 0 Å². The van der Waals surface area contributed by atoms with Gasteiger partial charge in [0.05, 0.1) is 6.54 Å². The van der Waals surface area contributed by atoms with Crippen LogP contribution in [0.15, 0.2) is 24.3 Å². The van der Waals surface area contributed by atoms with Gasteiger partial charge in [0.15, 0.2) is 5.78 Å². The van der Waals surface area contributed by atoms with Crippen LogP contribution in [0.2, 0.25) is 0 Å². The molecular formula is C15H21NO. The third-order valence-electron chi connectivity index (χ3n) is 3.51. The predicted octanol–water partition coefficient (Wildman–Crippen LogP) is 3.05. The van der Waals surface area contributed by atoms with E-state index in [4.69, 9.17) is 0 Å². The van der Waals surface area contributed by atoms with Crippen LogP contribution in [-0.2, 0) is 0 Å². The highest BCUT2D eigenvalue weighted by molar-refractivity contribution is 5.98. The average Bonchev–Trinajstić information content (AvgIpc) is 2.58. The summed E-state index contributed by atoms with van der Waals surface area (Å²) >= 11 is 0. The third-order valence-corrected chi connectivity index (χ3v) is 3.51. The van der Waals surface area contributed by atoms with Crippen molar-refractivity contribution in [2.24, 2.45) is 0 Å². The molecule has 2 nitrogen and oxygen atoms in total. The van der Waals surface area contributed by atoms with E-state index in [0.717, 1.165) is 24.2 Å². The van der Waals surface area contributed by atoms with Gasteiger partial charge in [0, 0.05) is 5.56 Å². The van der Waals surface area contributed by atoms with Crippen molar-refractivity contribution in [1.29, 1.82) is 0 Å². The van der Waals surface area contributed by atoms with Crippen LogP contribution in [0.25, 0.3) is 0 Å². The van der Waals surface area contributed by atoms with Crippen LogP contribution in [0, 0.1) is 6.92 Å². The number of rotatable bonds is 3. The number of hydrogen-bond acceptors (Lipinski definition) is 2. The highest BCUT2D eigenvalue weighted by Crippen LogP contribution is 2.12. The lowest BCUT2D eigenvalue weighted by Gasteiger charge is -2.19. The van der Waals surface area contributed by atoms with Gasteiger partial charge < -0.3 is 0 Å². The predicted molar refractivity (Wildman–Crippen MR) is 70.4 cm³/mol. The second-order valence-corrected chi connectivity index (χ2v) is 4.93. The lowest BCUT2D eigenvalue weighted by atomic mass is 10.0. The first kappa shape index (κ1) is 12.3. The van der Waals surface area contributed by atoms with Gasteiger partial charge in [-0.05, 0) is 38.4 Å². The molecule has 2 rings (SSSR count). The number of benzene rings is 1. The van der Waals surface area contributed by atoms with Gasteiger partial charge in [-0.25, -0.2) is 0 Å². The molecule has 1 heterocycles. The molecule has 0 aliphatic carbocycles. The molecule has 1 aromatic rings. The summed E-state index contributed by atoms with van der Waals surface area (Å²) in [4.78, 5) is 14.5. The molecule has 92 valence electrons. The van der Waals surface area contributed by atoms with E-state index < -0.39 is 0 Å². The average molecular weight is 231 g/mol. The molecule has 0 amide bonds. The molecule has 1 aliphatic heterocycles. The van der Waals surface area contributed by atoms with Crippen LogP contribution in [0.1, 0.15) is 41.6 Å². The number of hydrogen-bond donors (Lipinski definition) is 0. The van der Waals surface area contributed by atoms with Crippen molar-refractivity contribution in [3.63, 3.8) is 0 Å². The molecule has 0 spiro atoms. The summed E-state index contributed by atoms with van der Waals surface area (Å²) in [6, 6.07) is 7.88. The maximum atomic E-state index is 12.2. The molecule has 1 aliphatic rings. The lowest BCUT2D eigenvalue weighted by Crippen LogP contribution is -2.31. The minimum atomic E-state index is 0.269. The molecule has 0 bridgehead atoms. The van der Waals surface area contributed by atoms with Crippen LogP contribution in [0.3, 0.4) is 0 Å². The molecule has 1 aromatic carbocycles. The molecule has 0 N–H and O–H groups in total. The minimum absolute atomic E-state index is 0.269. The monoisotopic (exact) mass is 231 g/mol. The Bertz CT molecular complexity index is 378. The third kappa shape index (κ3) is 3.40. The number of aryl methyl sites for hydroxylation is 1. The zero-order valence-electron chi connectivity index (χ0n) is 10.6. The van der Waals surface area contributed by atoms with Gasteiger partial charge >= 0.3 is 0 Å². The smallest absolute Gasteiger partial charge is 0.177 e. The first-order valence-corrected chi connectivity index (χ1v) is 6.58. The zero-order chi connectivity index (χ0) is 12.1. The first-order chi connectivity index (χ1) is 8.27. The summed E-state index contributed by atoms with van der Waals surface area (Å²) in [7, 11) is 0. The number of ketones is 1. The number of Topliss-reactive ketones (excluding diaryl/α,β-unsaturated/α-hetero) is 1. The lowest BCUT2D eigenvalue weighted by molar-refractivity contribution is 0.0932. The fraction of sp³-hybridized carbons (Fsp3) is 0.533. The fourth-order valence-corrected chi connectivity index (χ4v) is 2.47. The Kier molecular flexibility index (Phi) is 4.32. The van der Waals surface area contributed by atoms with E-state index in [0.29, 0.717) is 6.54 Å². The highest BCUT2D eigenvalue weighted by Gasteiger charge is 2.15. The van der Waals surface area contributed by atoms with E-state index in [1.807, 2.05) is 31.2 Å². The molecule has 0 saturated carbocycles. The molecular weight excluding hydrogens is 210 g/mol. The van der Waals surface area contributed by atoms with Crippen molar-refractivity contribution in [1.82, 2.24) is 4.90 Å². The Labute approximate surface area is 104 Å². The van der Waals surface area contributed by atoms with Crippen LogP contribution in [-0.4, -0.2) is 30.3 Å². The van der Waals surface area contributed by atoms with Gasteiger partial charge in [0.1, 0.15) is 0 Å². The van der Waals surface area contributed by atoms with E-state index in [1.165, 1.54) is 25.7 Å². The second kappa shape index (κ2) is 5.97. The summed E-state index contributed by atoms with van der Waals surface area (Å²) in [6.45, 7) is 4.76. The molecule has 0 atom stereocenters. The van der Waals surface area contributed by atoms with Crippen LogP contribution < -0.4 is 0 Å². The molecule has 0 aromatic heterocycles. The topological polar surface area (TPSA) is 20.3 Å². The van der Waals surface area contributed by atoms with Gasteiger partial charge in [0.25, 0.3) is 0 Å². The Morgan fingerprint density at radius 3 is 2.41 bits per heavy atom. The molecule has 17 heavy (non-hydrogen) atoms. The van der Waals surface area contributed by atoms with E-state index in [9.17, 15) is 4.79 Å². The van der Waals surface area contributed by atoms with Crippen molar-refractivity contribution in [3.8, 4) is 0 Å². The summed E-state index contributed by atoms with van der Waals surface area (Å²) in [5.74, 6) is 0.269. The quantitative estimate of drug-likeness (QED) is 0.745. The second-order valence-electron chi connectivity index (χ2n) is 4.93. The van der Waals surface area contributed by atoms with Crippen LogP contribution in [0.4, 0.5) is 0 Å². The van der Waals surface area contributed by atoms with E-state index in [-0.39, 0.29) is 5.78 Å². The molecule has 0 radical (unpaired) electrons. The molecule has 0 unspecified atom stereocenters. The normalized spacial score (nSPS) is 17.7. The molecule has 1 saturated heterocycles. The number of carbonyl (C=O) groups excluding carboxylic acids is 1. The van der Waals surface area contributed by atoms with Crippen molar-refractivity contribution < 1.29 is 4.79 Å². The standard InChI is InChI=1S/C15H21NO/c1-13-8-4-5-9-14(13)15(17)12-16-10-6-2-3-7-11-16/h4-5,8-9H,2-3,6-7,10-12H2,1H3. The van der Waals surface area contributed by atoms with E-state index >= 15 is 0 Å². The highest BCUT2D eigenvalue weighted by atomic mass is 16.1.